The van der Waals surface area contributed by atoms with Crippen molar-refractivity contribution in [3.8, 4) is 0 Å². The van der Waals surface area contributed by atoms with E-state index in [1.807, 2.05) is 4.90 Å². The summed E-state index contributed by atoms with van der Waals surface area (Å²) in [4.78, 5) is 14.2. The van der Waals surface area contributed by atoms with Crippen LogP contribution in [0.1, 0.15) is 30.0 Å². The van der Waals surface area contributed by atoms with Crippen LogP contribution < -0.4 is 0 Å². The summed E-state index contributed by atoms with van der Waals surface area (Å²) in [5.41, 5.74) is 4.08. The summed E-state index contributed by atoms with van der Waals surface area (Å²) in [6, 6.07) is 6.59. The van der Waals surface area contributed by atoms with Crippen LogP contribution in [0.25, 0.3) is 0 Å². The average molecular weight is 229 g/mol. The maximum atomic E-state index is 12.2. The Labute approximate surface area is 103 Å². The molecule has 0 bridgehead atoms. The van der Waals surface area contributed by atoms with E-state index >= 15 is 0 Å². The van der Waals surface area contributed by atoms with E-state index < -0.39 is 0 Å². The highest BCUT2D eigenvalue weighted by molar-refractivity contribution is 5.81. The summed E-state index contributed by atoms with van der Waals surface area (Å²) in [5.74, 6) is 1.31. The molecular weight excluding hydrogens is 210 g/mol. The second-order valence-electron chi connectivity index (χ2n) is 5.60. The first-order valence-electron chi connectivity index (χ1n) is 6.52. The molecule has 3 rings (SSSR count). The highest BCUT2D eigenvalue weighted by Crippen LogP contribution is 2.40. The Hall–Kier alpha value is -1.31. The number of fused-ring (bicyclic) bond motifs is 1. The first-order chi connectivity index (χ1) is 8.15. The largest absolute Gasteiger partial charge is 0.338 e. The number of benzene rings is 1. The highest BCUT2D eigenvalue weighted by Gasteiger charge is 2.41. The predicted octanol–water partition coefficient (Wildman–Crippen LogP) is 2.54. The third-order valence-electron chi connectivity index (χ3n) is 4.11. The van der Waals surface area contributed by atoms with E-state index in [2.05, 4.69) is 32.0 Å². The number of hydrogen-bond acceptors (Lipinski definition) is 1. The summed E-state index contributed by atoms with van der Waals surface area (Å²) in [6.07, 6.45) is 2.11. The molecule has 1 saturated carbocycles. The Balaban J connectivity index is 1.76. The van der Waals surface area contributed by atoms with Crippen molar-refractivity contribution in [2.24, 2.45) is 11.8 Å². The number of rotatable bonds is 1. The summed E-state index contributed by atoms with van der Waals surface area (Å²) >= 11 is 0. The maximum Gasteiger partial charge on any atom is 0.226 e. The summed E-state index contributed by atoms with van der Waals surface area (Å²) in [7, 11) is 0. The number of hydrogen-bond donors (Lipinski definition) is 0. The molecule has 0 spiro atoms. The van der Waals surface area contributed by atoms with Gasteiger partial charge in [-0.25, -0.2) is 0 Å². The Kier molecular flexibility index (Phi) is 2.46. The van der Waals surface area contributed by atoms with Crippen LogP contribution in [0.4, 0.5) is 0 Å². The van der Waals surface area contributed by atoms with Crippen molar-refractivity contribution in [2.45, 2.75) is 33.2 Å². The first kappa shape index (κ1) is 10.8. The van der Waals surface area contributed by atoms with E-state index in [9.17, 15) is 4.79 Å². The minimum atomic E-state index is 0.321. The Morgan fingerprint density at radius 1 is 1.35 bits per heavy atom. The molecule has 0 saturated heterocycles. The molecule has 1 aliphatic heterocycles. The van der Waals surface area contributed by atoms with Gasteiger partial charge in [0.15, 0.2) is 0 Å². The number of aryl methyl sites for hydroxylation is 1. The molecule has 1 heterocycles. The molecule has 0 aromatic heterocycles. The van der Waals surface area contributed by atoms with Gasteiger partial charge in [-0.15, -0.1) is 0 Å². The van der Waals surface area contributed by atoms with Crippen molar-refractivity contribution in [2.75, 3.05) is 6.54 Å². The lowest BCUT2D eigenvalue weighted by molar-refractivity contribution is -0.133. The van der Waals surface area contributed by atoms with Gasteiger partial charge in [0.2, 0.25) is 5.91 Å². The zero-order chi connectivity index (χ0) is 12.0. The fraction of sp³-hybridized carbons (Fsp3) is 0.533. The molecule has 90 valence electrons. The number of amides is 1. The SMILES string of the molecule is Cc1ccc2c(c1)CCN(C(=O)[C@@H]1C[C@@H]1C)C2. The molecule has 2 heteroatoms. The second kappa shape index (κ2) is 3.86. The van der Waals surface area contributed by atoms with Gasteiger partial charge in [0.1, 0.15) is 0 Å². The fourth-order valence-electron chi connectivity index (χ4n) is 2.77. The summed E-state index contributed by atoms with van der Waals surface area (Å²) in [6.45, 7) is 6.02. The maximum absolute atomic E-state index is 12.2. The standard InChI is InChI=1S/C15H19NO/c1-10-3-4-13-9-16(6-5-12(13)7-10)15(17)14-8-11(14)2/h3-4,7,11,14H,5-6,8-9H2,1-2H3/t11-,14+/m0/s1. The lowest BCUT2D eigenvalue weighted by atomic mass is 9.97. The van der Waals surface area contributed by atoms with Crippen LogP contribution in [0, 0.1) is 18.8 Å². The minimum absolute atomic E-state index is 0.321. The topological polar surface area (TPSA) is 20.3 Å². The molecule has 0 radical (unpaired) electrons. The molecule has 2 aliphatic rings. The Morgan fingerprint density at radius 2 is 2.12 bits per heavy atom. The number of nitrogens with zero attached hydrogens (tertiary/aromatic N) is 1. The van der Waals surface area contributed by atoms with E-state index in [4.69, 9.17) is 0 Å². The molecule has 1 aliphatic carbocycles. The monoisotopic (exact) mass is 229 g/mol. The van der Waals surface area contributed by atoms with Gasteiger partial charge in [-0.3, -0.25) is 4.79 Å². The van der Waals surface area contributed by atoms with E-state index in [0.717, 1.165) is 25.9 Å². The van der Waals surface area contributed by atoms with Crippen molar-refractivity contribution in [1.82, 2.24) is 4.90 Å². The third kappa shape index (κ3) is 1.97. The predicted molar refractivity (Wildman–Crippen MR) is 67.6 cm³/mol. The van der Waals surface area contributed by atoms with Gasteiger partial charge in [0.05, 0.1) is 0 Å². The van der Waals surface area contributed by atoms with Crippen LogP contribution in [0.15, 0.2) is 18.2 Å². The first-order valence-corrected chi connectivity index (χ1v) is 6.52. The lowest BCUT2D eigenvalue weighted by Crippen LogP contribution is -2.37. The zero-order valence-electron chi connectivity index (χ0n) is 10.6. The van der Waals surface area contributed by atoms with Crippen LogP contribution in [0.3, 0.4) is 0 Å². The summed E-state index contributed by atoms with van der Waals surface area (Å²) in [5, 5.41) is 0. The van der Waals surface area contributed by atoms with E-state index in [-0.39, 0.29) is 0 Å². The molecule has 1 amide bonds. The Morgan fingerprint density at radius 3 is 2.82 bits per heavy atom. The fourth-order valence-corrected chi connectivity index (χ4v) is 2.77. The molecule has 2 nitrogen and oxygen atoms in total. The third-order valence-corrected chi connectivity index (χ3v) is 4.11. The quantitative estimate of drug-likeness (QED) is 0.724. The van der Waals surface area contributed by atoms with Crippen molar-refractivity contribution in [1.29, 1.82) is 0 Å². The van der Waals surface area contributed by atoms with Gasteiger partial charge in [0, 0.05) is 19.0 Å². The number of carbonyl (C=O) groups is 1. The van der Waals surface area contributed by atoms with Gasteiger partial charge >= 0.3 is 0 Å². The highest BCUT2D eigenvalue weighted by atomic mass is 16.2. The zero-order valence-corrected chi connectivity index (χ0v) is 10.6. The lowest BCUT2D eigenvalue weighted by Gasteiger charge is -2.29. The van der Waals surface area contributed by atoms with E-state index in [1.165, 1.54) is 16.7 Å². The molecule has 1 aromatic carbocycles. The summed E-state index contributed by atoms with van der Waals surface area (Å²) < 4.78 is 0. The number of carbonyl (C=O) groups excluding carboxylic acids is 1. The van der Waals surface area contributed by atoms with Crippen LogP contribution in [-0.2, 0) is 17.8 Å². The van der Waals surface area contributed by atoms with Gasteiger partial charge in [0.25, 0.3) is 0 Å². The molecule has 0 N–H and O–H groups in total. The van der Waals surface area contributed by atoms with Crippen molar-refractivity contribution in [3.05, 3.63) is 34.9 Å². The molecule has 0 unspecified atom stereocenters. The molecule has 1 aromatic rings. The van der Waals surface area contributed by atoms with Crippen LogP contribution in [0.5, 0.6) is 0 Å². The van der Waals surface area contributed by atoms with Crippen molar-refractivity contribution >= 4 is 5.91 Å². The van der Waals surface area contributed by atoms with E-state index in [0.29, 0.717) is 17.7 Å². The van der Waals surface area contributed by atoms with Crippen molar-refractivity contribution < 1.29 is 4.79 Å². The molecular formula is C15H19NO. The van der Waals surface area contributed by atoms with Crippen LogP contribution in [-0.4, -0.2) is 17.4 Å². The van der Waals surface area contributed by atoms with Gasteiger partial charge in [-0.05, 0) is 36.8 Å². The van der Waals surface area contributed by atoms with Crippen LogP contribution >= 0.6 is 0 Å². The van der Waals surface area contributed by atoms with Gasteiger partial charge in [-0.1, -0.05) is 30.7 Å². The smallest absolute Gasteiger partial charge is 0.226 e. The Bertz CT molecular complexity index is 466. The van der Waals surface area contributed by atoms with E-state index in [1.54, 1.807) is 0 Å². The molecule has 17 heavy (non-hydrogen) atoms. The van der Waals surface area contributed by atoms with Gasteiger partial charge < -0.3 is 4.90 Å². The van der Waals surface area contributed by atoms with Crippen LogP contribution in [0.2, 0.25) is 0 Å². The average Bonchev–Trinajstić information content (AvgIpc) is 3.05. The molecule has 2 atom stereocenters. The van der Waals surface area contributed by atoms with Crippen molar-refractivity contribution in [3.63, 3.8) is 0 Å². The normalized spacial score (nSPS) is 26.6. The minimum Gasteiger partial charge on any atom is -0.338 e. The second-order valence-corrected chi connectivity index (χ2v) is 5.60. The van der Waals surface area contributed by atoms with Gasteiger partial charge in [-0.2, -0.15) is 0 Å². The molecule has 1 fully saturated rings.